The van der Waals surface area contributed by atoms with Gasteiger partial charge in [0.05, 0.1) is 10.7 Å². The van der Waals surface area contributed by atoms with Crippen molar-refractivity contribution in [2.75, 3.05) is 4.90 Å². The number of nitrogens with one attached hydrogen (secondary N) is 1. The van der Waals surface area contributed by atoms with Crippen LogP contribution in [0.25, 0.3) is 6.08 Å². The number of carbonyl (C=O) groups excluding carboxylic acids is 3. The van der Waals surface area contributed by atoms with Crippen molar-refractivity contribution in [2.24, 2.45) is 0 Å². The number of ether oxygens (including phenoxy) is 1. The Morgan fingerprint density at radius 3 is 2.46 bits per heavy atom. The Bertz CT molecular complexity index is 1360. The summed E-state index contributed by atoms with van der Waals surface area (Å²) in [5.41, 5.74) is 5.06. The van der Waals surface area contributed by atoms with Gasteiger partial charge in [-0.1, -0.05) is 61.0 Å². The van der Waals surface area contributed by atoms with E-state index in [0.29, 0.717) is 35.1 Å². The number of halogens is 1. The number of para-hydroxylation sites is 1. The summed E-state index contributed by atoms with van der Waals surface area (Å²) in [4.78, 5) is 39.2. The molecule has 0 aromatic heterocycles. The van der Waals surface area contributed by atoms with E-state index in [-0.39, 0.29) is 5.57 Å². The molecule has 0 bridgehead atoms. The van der Waals surface area contributed by atoms with Gasteiger partial charge in [0.25, 0.3) is 11.8 Å². The van der Waals surface area contributed by atoms with Crippen LogP contribution in [0.4, 0.5) is 10.5 Å². The summed E-state index contributed by atoms with van der Waals surface area (Å²) in [6.07, 6.45) is 2.05. The van der Waals surface area contributed by atoms with Crippen molar-refractivity contribution < 1.29 is 19.1 Å². The van der Waals surface area contributed by atoms with Gasteiger partial charge in [-0.2, -0.15) is 0 Å². The largest absolute Gasteiger partial charge is 0.487 e. The zero-order valence-corrected chi connectivity index (χ0v) is 20.5. The van der Waals surface area contributed by atoms with E-state index < -0.39 is 17.8 Å². The quantitative estimate of drug-likeness (QED) is 0.353. The van der Waals surface area contributed by atoms with Crippen LogP contribution in [0.15, 0.2) is 66.2 Å². The third kappa shape index (κ3) is 5.12. The molecule has 7 heteroatoms. The molecule has 1 heterocycles. The molecule has 1 aliphatic rings. The van der Waals surface area contributed by atoms with Crippen LogP contribution in [0.1, 0.15) is 34.7 Å². The van der Waals surface area contributed by atoms with E-state index in [0.717, 1.165) is 16.0 Å². The smallest absolute Gasteiger partial charge is 0.335 e. The highest BCUT2D eigenvalue weighted by Gasteiger charge is 2.37. The van der Waals surface area contributed by atoms with Crippen LogP contribution in [0.3, 0.4) is 0 Å². The lowest BCUT2D eigenvalue weighted by molar-refractivity contribution is -0.122. The van der Waals surface area contributed by atoms with Gasteiger partial charge in [0, 0.05) is 0 Å². The molecule has 178 valence electrons. The fourth-order valence-corrected chi connectivity index (χ4v) is 4.09. The monoisotopic (exact) mass is 488 g/mol. The summed E-state index contributed by atoms with van der Waals surface area (Å²) >= 11 is 6.43. The SMILES string of the molecule is CCc1ccccc1N1C(=O)NC(=O)/C(=C/c2ccc(OCc3ccc(C)c(C)c3)c(Cl)c2)C1=O. The Kier molecular flexibility index (Phi) is 7.03. The minimum atomic E-state index is -0.772. The molecule has 1 N–H and O–H groups in total. The molecule has 1 aliphatic heterocycles. The molecular weight excluding hydrogens is 464 g/mol. The molecular formula is C28H25ClN2O4. The number of urea groups is 1. The maximum atomic E-state index is 13.2. The van der Waals surface area contributed by atoms with Crippen LogP contribution in [-0.4, -0.2) is 17.8 Å². The Morgan fingerprint density at radius 1 is 0.971 bits per heavy atom. The molecule has 6 nitrogen and oxygen atoms in total. The van der Waals surface area contributed by atoms with Gasteiger partial charge in [0.1, 0.15) is 17.9 Å². The summed E-state index contributed by atoms with van der Waals surface area (Å²) < 4.78 is 5.87. The van der Waals surface area contributed by atoms with Gasteiger partial charge in [-0.05, 0) is 72.4 Å². The number of hydrogen-bond donors (Lipinski definition) is 1. The summed E-state index contributed by atoms with van der Waals surface area (Å²) in [5, 5.41) is 2.60. The van der Waals surface area contributed by atoms with Crippen LogP contribution in [0.2, 0.25) is 5.02 Å². The minimum absolute atomic E-state index is 0.157. The van der Waals surface area contributed by atoms with E-state index in [1.165, 1.54) is 17.2 Å². The summed E-state index contributed by atoms with van der Waals surface area (Å²) in [6.45, 7) is 6.39. The molecule has 0 unspecified atom stereocenters. The lowest BCUT2D eigenvalue weighted by Gasteiger charge is -2.28. The van der Waals surface area contributed by atoms with Gasteiger partial charge < -0.3 is 4.74 Å². The molecule has 0 radical (unpaired) electrons. The molecule has 0 aliphatic carbocycles. The van der Waals surface area contributed by atoms with Crippen LogP contribution < -0.4 is 15.0 Å². The average Bonchev–Trinajstić information content (AvgIpc) is 2.83. The normalized spacial score (nSPS) is 14.9. The van der Waals surface area contributed by atoms with Crippen LogP contribution in [-0.2, 0) is 22.6 Å². The maximum Gasteiger partial charge on any atom is 0.335 e. The number of amides is 4. The van der Waals surface area contributed by atoms with Gasteiger partial charge in [-0.15, -0.1) is 0 Å². The fraction of sp³-hybridized carbons (Fsp3) is 0.179. The summed E-state index contributed by atoms with van der Waals surface area (Å²) in [5.74, 6) is -0.956. The minimum Gasteiger partial charge on any atom is -0.487 e. The van der Waals surface area contributed by atoms with E-state index in [1.54, 1.807) is 30.3 Å². The highest BCUT2D eigenvalue weighted by Crippen LogP contribution is 2.29. The maximum absolute atomic E-state index is 13.2. The summed E-state index contributed by atoms with van der Waals surface area (Å²) in [6, 6.07) is 17.5. The Hall–Kier alpha value is -3.90. The van der Waals surface area contributed by atoms with Gasteiger partial charge >= 0.3 is 6.03 Å². The molecule has 0 saturated carbocycles. The number of barbiturate groups is 1. The highest BCUT2D eigenvalue weighted by atomic mass is 35.5. The first-order valence-electron chi connectivity index (χ1n) is 11.3. The third-order valence-electron chi connectivity index (χ3n) is 5.95. The molecule has 3 aromatic carbocycles. The lowest BCUT2D eigenvalue weighted by Crippen LogP contribution is -2.54. The molecule has 1 fully saturated rings. The van der Waals surface area contributed by atoms with Crippen molar-refractivity contribution >= 4 is 41.2 Å². The first-order chi connectivity index (χ1) is 16.8. The second kappa shape index (κ2) is 10.2. The van der Waals surface area contributed by atoms with E-state index in [2.05, 4.69) is 18.3 Å². The zero-order chi connectivity index (χ0) is 25.1. The number of rotatable bonds is 6. The first kappa shape index (κ1) is 24.2. The van der Waals surface area contributed by atoms with Crippen molar-refractivity contribution in [2.45, 2.75) is 33.8 Å². The van der Waals surface area contributed by atoms with E-state index in [4.69, 9.17) is 16.3 Å². The Labute approximate surface area is 209 Å². The highest BCUT2D eigenvalue weighted by molar-refractivity contribution is 6.39. The number of nitrogens with zero attached hydrogens (tertiary/aromatic N) is 1. The van der Waals surface area contributed by atoms with Crippen LogP contribution in [0.5, 0.6) is 5.75 Å². The van der Waals surface area contributed by atoms with Gasteiger partial charge in [0.2, 0.25) is 0 Å². The molecule has 35 heavy (non-hydrogen) atoms. The first-order valence-corrected chi connectivity index (χ1v) is 11.6. The number of imide groups is 2. The second-order valence-electron chi connectivity index (χ2n) is 8.34. The van der Waals surface area contributed by atoms with E-state index in [9.17, 15) is 14.4 Å². The molecule has 1 saturated heterocycles. The predicted octanol–water partition coefficient (Wildman–Crippen LogP) is 5.76. The second-order valence-corrected chi connectivity index (χ2v) is 8.74. The third-order valence-corrected chi connectivity index (χ3v) is 6.24. The topological polar surface area (TPSA) is 75.7 Å². The number of aryl methyl sites for hydroxylation is 3. The number of anilines is 1. The average molecular weight is 489 g/mol. The standard InChI is InChI=1S/C28H25ClN2O4/c1-4-21-7-5-6-8-24(21)31-27(33)22(26(32)30-28(31)34)14-19-11-12-25(23(29)15-19)35-16-20-10-9-17(2)18(3)13-20/h5-15H,4,16H2,1-3H3,(H,30,32,34)/b22-14-. The fourth-order valence-electron chi connectivity index (χ4n) is 3.85. The molecule has 3 aromatic rings. The summed E-state index contributed by atoms with van der Waals surface area (Å²) in [7, 11) is 0. The molecule has 0 atom stereocenters. The zero-order valence-electron chi connectivity index (χ0n) is 19.7. The van der Waals surface area contributed by atoms with Gasteiger partial charge in [-0.25, -0.2) is 9.69 Å². The molecule has 4 rings (SSSR count). The predicted molar refractivity (Wildman–Crippen MR) is 137 cm³/mol. The number of benzene rings is 3. The molecule has 4 amide bonds. The van der Waals surface area contributed by atoms with Gasteiger partial charge in [0.15, 0.2) is 0 Å². The van der Waals surface area contributed by atoms with Crippen molar-refractivity contribution in [3.63, 3.8) is 0 Å². The lowest BCUT2D eigenvalue weighted by atomic mass is 10.0. The number of carbonyl (C=O) groups is 3. The van der Waals surface area contributed by atoms with Crippen LogP contribution >= 0.6 is 11.6 Å². The Morgan fingerprint density at radius 2 is 1.74 bits per heavy atom. The number of hydrogen-bond acceptors (Lipinski definition) is 4. The van der Waals surface area contributed by atoms with Crippen molar-refractivity contribution in [3.8, 4) is 5.75 Å². The van der Waals surface area contributed by atoms with E-state index >= 15 is 0 Å². The Balaban J connectivity index is 1.57. The van der Waals surface area contributed by atoms with Crippen molar-refractivity contribution in [1.82, 2.24) is 5.32 Å². The van der Waals surface area contributed by atoms with Gasteiger partial charge in [-0.3, -0.25) is 14.9 Å². The van der Waals surface area contributed by atoms with Crippen molar-refractivity contribution in [1.29, 1.82) is 0 Å². The van der Waals surface area contributed by atoms with E-state index in [1.807, 2.05) is 38.1 Å². The van der Waals surface area contributed by atoms with Crippen molar-refractivity contribution in [3.05, 3.63) is 99.1 Å². The van der Waals surface area contributed by atoms with Crippen LogP contribution in [0, 0.1) is 13.8 Å². The molecule has 0 spiro atoms.